The van der Waals surface area contributed by atoms with E-state index >= 15 is 0 Å². The number of primary sulfonamides is 1. The number of nitrogens with two attached hydrogens (primary N) is 1. The monoisotopic (exact) mass is 283 g/mol. The van der Waals surface area contributed by atoms with Crippen LogP contribution in [0.3, 0.4) is 0 Å². The van der Waals surface area contributed by atoms with Crippen LogP contribution in [0, 0.1) is 5.92 Å². The molecule has 0 radical (unpaired) electrons. The molecular weight excluding hydrogens is 266 g/mol. The summed E-state index contributed by atoms with van der Waals surface area (Å²) in [4.78, 5) is 6.25. The first-order valence-corrected chi connectivity index (χ1v) is 7.95. The van der Waals surface area contributed by atoms with Crippen LogP contribution < -0.4 is 10.0 Å². The van der Waals surface area contributed by atoms with E-state index < -0.39 is 10.0 Å². The summed E-state index contributed by atoms with van der Waals surface area (Å²) in [6.45, 7) is 1.93. The van der Waals surface area contributed by atoms with E-state index in [1.807, 2.05) is 4.90 Å². The van der Waals surface area contributed by atoms with Crippen LogP contribution in [0.15, 0.2) is 23.2 Å². The topological polar surface area (TPSA) is 85.5 Å². The molecule has 6 nitrogen and oxygen atoms in total. The van der Waals surface area contributed by atoms with Crippen molar-refractivity contribution in [2.75, 3.05) is 24.6 Å². The molecule has 1 unspecified atom stereocenters. The number of hydrogen-bond donors (Lipinski definition) is 1. The smallest absolute Gasteiger partial charge is 0.241 e. The summed E-state index contributed by atoms with van der Waals surface area (Å²) in [6.07, 6.45) is 4.17. The van der Waals surface area contributed by atoms with Crippen molar-refractivity contribution in [1.82, 2.24) is 4.98 Å². The zero-order valence-electron chi connectivity index (χ0n) is 10.5. The van der Waals surface area contributed by atoms with Crippen LogP contribution >= 0.6 is 0 Å². The molecule has 1 saturated heterocycles. The fourth-order valence-corrected chi connectivity index (χ4v) is 3.17. The van der Waals surface area contributed by atoms with Gasteiger partial charge < -0.3 is 9.64 Å². The molecule has 1 atom stereocenters. The second kappa shape index (κ2) is 4.73. The lowest BCUT2D eigenvalue weighted by Gasteiger charge is -2.34. The van der Waals surface area contributed by atoms with Gasteiger partial charge in [0.15, 0.2) is 0 Å². The van der Waals surface area contributed by atoms with Gasteiger partial charge >= 0.3 is 0 Å². The fraction of sp³-hybridized carbons (Fsp3) is 0.583. The Hall–Kier alpha value is -1.18. The third-order valence-corrected chi connectivity index (χ3v) is 4.53. The van der Waals surface area contributed by atoms with Crippen molar-refractivity contribution in [2.45, 2.75) is 23.8 Å². The minimum Gasteiger partial charge on any atom is -0.374 e. The molecule has 0 amide bonds. The maximum atomic E-state index is 11.6. The highest BCUT2D eigenvalue weighted by Crippen LogP contribution is 2.36. The molecule has 2 aliphatic rings. The minimum absolute atomic E-state index is 0.0893. The Morgan fingerprint density at radius 1 is 1.42 bits per heavy atom. The molecular formula is C12H17N3O3S. The van der Waals surface area contributed by atoms with E-state index in [-0.39, 0.29) is 11.0 Å². The van der Waals surface area contributed by atoms with Gasteiger partial charge in [0.2, 0.25) is 10.0 Å². The molecule has 2 N–H and O–H groups in total. The Bertz CT molecular complexity index is 571. The quantitative estimate of drug-likeness (QED) is 0.865. The lowest BCUT2D eigenvalue weighted by atomic mass is 10.2. The van der Waals surface area contributed by atoms with E-state index in [1.165, 1.54) is 18.9 Å². The molecule has 1 aromatic heterocycles. The molecule has 0 bridgehead atoms. The van der Waals surface area contributed by atoms with Gasteiger partial charge in [0.1, 0.15) is 10.7 Å². The highest BCUT2D eigenvalue weighted by Gasteiger charge is 2.36. The molecule has 3 rings (SSSR count). The molecule has 104 valence electrons. The van der Waals surface area contributed by atoms with Gasteiger partial charge in [-0.15, -0.1) is 0 Å². The predicted octanol–water partition coefficient (Wildman–Crippen LogP) is 0.344. The summed E-state index contributed by atoms with van der Waals surface area (Å²) in [7, 11) is -3.75. The van der Waals surface area contributed by atoms with Gasteiger partial charge in [-0.3, -0.25) is 0 Å². The fourth-order valence-electron chi connectivity index (χ4n) is 2.46. The Labute approximate surface area is 112 Å². The van der Waals surface area contributed by atoms with Crippen molar-refractivity contribution in [3.05, 3.63) is 18.3 Å². The highest BCUT2D eigenvalue weighted by molar-refractivity contribution is 7.89. The van der Waals surface area contributed by atoms with E-state index in [0.717, 1.165) is 0 Å². The van der Waals surface area contributed by atoms with E-state index in [9.17, 15) is 8.42 Å². The lowest BCUT2D eigenvalue weighted by Crippen LogP contribution is -2.44. The Kier molecular flexibility index (Phi) is 3.20. The maximum absolute atomic E-state index is 11.6. The largest absolute Gasteiger partial charge is 0.374 e. The summed E-state index contributed by atoms with van der Waals surface area (Å²) < 4.78 is 28.9. The molecule has 19 heavy (non-hydrogen) atoms. The van der Waals surface area contributed by atoms with Crippen LogP contribution in [0.4, 0.5) is 5.82 Å². The number of morpholine rings is 1. The third kappa shape index (κ3) is 2.72. The molecule has 1 saturated carbocycles. The third-order valence-electron chi connectivity index (χ3n) is 3.60. The van der Waals surface area contributed by atoms with Gasteiger partial charge in [-0.2, -0.15) is 0 Å². The van der Waals surface area contributed by atoms with Crippen molar-refractivity contribution >= 4 is 15.8 Å². The maximum Gasteiger partial charge on any atom is 0.241 e. The normalized spacial score (nSPS) is 24.5. The zero-order valence-corrected chi connectivity index (χ0v) is 11.3. The van der Waals surface area contributed by atoms with Crippen LogP contribution in [0.25, 0.3) is 0 Å². The van der Waals surface area contributed by atoms with Crippen molar-refractivity contribution in [3.8, 4) is 0 Å². The van der Waals surface area contributed by atoms with E-state index in [1.54, 1.807) is 12.3 Å². The first-order valence-electron chi connectivity index (χ1n) is 6.40. The highest BCUT2D eigenvalue weighted by atomic mass is 32.2. The Balaban J connectivity index is 1.89. The predicted molar refractivity (Wildman–Crippen MR) is 70.3 cm³/mol. The second-order valence-corrected chi connectivity index (χ2v) is 6.59. The number of hydrogen-bond acceptors (Lipinski definition) is 5. The Morgan fingerprint density at radius 2 is 2.21 bits per heavy atom. The summed E-state index contributed by atoms with van der Waals surface area (Å²) >= 11 is 0. The van der Waals surface area contributed by atoms with Crippen molar-refractivity contribution in [1.29, 1.82) is 0 Å². The summed E-state index contributed by atoms with van der Waals surface area (Å²) in [6, 6.07) is 3.08. The van der Waals surface area contributed by atoms with Crippen molar-refractivity contribution in [3.63, 3.8) is 0 Å². The van der Waals surface area contributed by atoms with E-state index in [0.29, 0.717) is 31.4 Å². The number of rotatable bonds is 3. The van der Waals surface area contributed by atoms with Gasteiger partial charge in [-0.25, -0.2) is 18.5 Å². The van der Waals surface area contributed by atoms with Crippen LogP contribution in [0.2, 0.25) is 0 Å². The van der Waals surface area contributed by atoms with Gasteiger partial charge in [0.05, 0.1) is 12.7 Å². The van der Waals surface area contributed by atoms with Crippen molar-refractivity contribution in [2.24, 2.45) is 11.1 Å². The van der Waals surface area contributed by atoms with Gasteiger partial charge in [-0.05, 0) is 30.9 Å². The number of sulfonamides is 1. The molecule has 1 aromatic rings. The lowest BCUT2D eigenvalue weighted by molar-refractivity contribution is 0.0259. The first-order chi connectivity index (χ1) is 9.05. The molecule has 0 aromatic carbocycles. The van der Waals surface area contributed by atoms with Gasteiger partial charge in [0.25, 0.3) is 0 Å². The molecule has 7 heteroatoms. The molecule has 1 aliphatic carbocycles. The van der Waals surface area contributed by atoms with Gasteiger partial charge in [-0.1, -0.05) is 0 Å². The molecule has 0 spiro atoms. The second-order valence-electron chi connectivity index (χ2n) is 5.06. The number of nitrogens with zero attached hydrogens (tertiary/aromatic N) is 2. The van der Waals surface area contributed by atoms with Crippen LogP contribution in [0.5, 0.6) is 0 Å². The first kappa shape index (κ1) is 12.8. The van der Waals surface area contributed by atoms with Crippen LogP contribution in [-0.4, -0.2) is 39.2 Å². The number of pyridine rings is 1. The SMILES string of the molecule is NS(=O)(=O)c1cccnc1N1CCOC(C2CC2)C1. The van der Waals surface area contributed by atoms with E-state index in [2.05, 4.69) is 4.98 Å². The van der Waals surface area contributed by atoms with Crippen LogP contribution in [-0.2, 0) is 14.8 Å². The molecule has 2 fully saturated rings. The molecule has 2 heterocycles. The number of anilines is 1. The average Bonchev–Trinajstić information content (AvgIpc) is 3.22. The number of ether oxygens (including phenoxy) is 1. The zero-order chi connectivity index (χ0) is 13.5. The van der Waals surface area contributed by atoms with E-state index in [4.69, 9.17) is 9.88 Å². The van der Waals surface area contributed by atoms with Gasteiger partial charge in [0, 0.05) is 19.3 Å². The Morgan fingerprint density at radius 3 is 2.89 bits per heavy atom. The van der Waals surface area contributed by atoms with Crippen LogP contribution in [0.1, 0.15) is 12.8 Å². The summed E-state index contributed by atoms with van der Waals surface area (Å²) in [5.74, 6) is 1.06. The van der Waals surface area contributed by atoms with Crippen molar-refractivity contribution < 1.29 is 13.2 Å². The number of aromatic nitrogens is 1. The minimum atomic E-state index is -3.75. The summed E-state index contributed by atoms with van der Waals surface area (Å²) in [5.41, 5.74) is 0. The molecule has 1 aliphatic heterocycles. The average molecular weight is 283 g/mol. The standard InChI is InChI=1S/C12H17N3O3S/c13-19(16,17)11-2-1-5-14-12(11)15-6-7-18-10(8-15)9-3-4-9/h1-2,5,9-10H,3-4,6-8H2,(H2,13,16,17). The summed E-state index contributed by atoms with van der Waals surface area (Å²) in [5, 5.41) is 5.25.